The van der Waals surface area contributed by atoms with E-state index in [1.54, 1.807) is 0 Å². The van der Waals surface area contributed by atoms with E-state index in [0.29, 0.717) is 0 Å². The lowest BCUT2D eigenvalue weighted by atomic mass is 10.2. The lowest BCUT2D eigenvalue weighted by Gasteiger charge is -2.13. The molecule has 0 heterocycles. The van der Waals surface area contributed by atoms with Crippen LogP contribution in [-0.4, -0.2) is 5.11 Å². The summed E-state index contributed by atoms with van der Waals surface area (Å²) in [6.45, 7) is 1.97. The van der Waals surface area contributed by atoms with Gasteiger partial charge in [-0.15, -0.1) is 0 Å². The molecule has 0 aliphatic rings. The molecule has 0 aromatic heterocycles. The lowest BCUT2D eigenvalue weighted by Crippen LogP contribution is -2.33. The van der Waals surface area contributed by atoms with E-state index in [0.717, 1.165) is 23.4 Å². The predicted molar refractivity (Wildman–Crippen MR) is 80.5 cm³/mol. The standard InChI is InChI=1S/C14H13F2N3S/c1-9-3-2-4-11(7-9)17-14(20)19-18-13-6-5-10(15)8-12(13)16/h2-8,18H,1H3,(H2,17,19,20). The zero-order chi connectivity index (χ0) is 14.5. The SMILES string of the molecule is Cc1cccc(NC(=S)NNc2ccc(F)cc2F)c1. The van der Waals surface area contributed by atoms with Crippen LogP contribution in [0.5, 0.6) is 0 Å². The molecule has 0 amide bonds. The van der Waals surface area contributed by atoms with Gasteiger partial charge < -0.3 is 5.32 Å². The van der Waals surface area contributed by atoms with Gasteiger partial charge in [-0.3, -0.25) is 10.9 Å². The zero-order valence-electron chi connectivity index (χ0n) is 10.7. The van der Waals surface area contributed by atoms with Gasteiger partial charge in [0.1, 0.15) is 5.82 Å². The fraction of sp³-hybridized carbons (Fsp3) is 0.0714. The van der Waals surface area contributed by atoms with E-state index in [1.165, 1.54) is 6.07 Å². The van der Waals surface area contributed by atoms with E-state index in [9.17, 15) is 8.78 Å². The van der Waals surface area contributed by atoms with E-state index < -0.39 is 11.6 Å². The Labute approximate surface area is 121 Å². The molecule has 3 nitrogen and oxygen atoms in total. The maximum atomic E-state index is 13.4. The number of halogens is 2. The van der Waals surface area contributed by atoms with Gasteiger partial charge >= 0.3 is 0 Å². The van der Waals surface area contributed by atoms with Gasteiger partial charge in [0.05, 0.1) is 5.69 Å². The Morgan fingerprint density at radius 3 is 2.60 bits per heavy atom. The Kier molecular flexibility index (Phi) is 4.47. The maximum absolute atomic E-state index is 13.4. The second-order valence-corrected chi connectivity index (χ2v) is 4.61. The molecule has 0 aliphatic heterocycles. The molecule has 0 saturated heterocycles. The van der Waals surface area contributed by atoms with Crippen molar-refractivity contribution in [1.29, 1.82) is 0 Å². The van der Waals surface area contributed by atoms with E-state index >= 15 is 0 Å². The first-order valence-electron chi connectivity index (χ1n) is 5.89. The number of thiocarbonyl (C=S) groups is 1. The first-order valence-corrected chi connectivity index (χ1v) is 6.30. The Morgan fingerprint density at radius 2 is 1.90 bits per heavy atom. The summed E-state index contributed by atoms with van der Waals surface area (Å²) in [5.74, 6) is -1.33. The monoisotopic (exact) mass is 293 g/mol. The number of rotatable bonds is 3. The minimum Gasteiger partial charge on any atom is -0.331 e. The Balaban J connectivity index is 1.92. The summed E-state index contributed by atoms with van der Waals surface area (Å²) in [5.41, 5.74) is 7.24. The van der Waals surface area contributed by atoms with Gasteiger partial charge in [0, 0.05) is 11.8 Å². The molecule has 0 saturated carbocycles. The molecule has 2 aromatic carbocycles. The van der Waals surface area contributed by atoms with Crippen molar-refractivity contribution in [1.82, 2.24) is 5.43 Å². The number of hydrogen-bond donors (Lipinski definition) is 3. The summed E-state index contributed by atoms with van der Waals surface area (Å²) in [4.78, 5) is 0. The number of benzene rings is 2. The molecule has 0 fully saturated rings. The summed E-state index contributed by atoms with van der Waals surface area (Å²) in [6.07, 6.45) is 0. The highest BCUT2D eigenvalue weighted by atomic mass is 32.1. The van der Waals surface area contributed by atoms with Crippen molar-refractivity contribution >= 4 is 28.7 Å². The molecule has 0 spiro atoms. The van der Waals surface area contributed by atoms with Crippen LogP contribution in [0.1, 0.15) is 5.56 Å². The molecule has 0 atom stereocenters. The average molecular weight is 293 g/mol. The second kappa shape index (κ2) is 6.29. The van der Waals surface area contributed by atoms with Crippen molar-refractivity contribution in [2.75, 3.05) is 10.7 Å². The third-order valence-corrected chi connectivity index (χ3v) is 2.72. The van der Waals surface area contributed by atoms with E-state index in [-0.39, 0.29) is 10.8 Å². The quantitative estimate of drug-likeness (QED) is 0.597. The molecule has 0 bridgehead atoms. The number of hydrazine groups is 1. The topological polar surface area (TPSA) is 36.1 Å². The zero-order valence-corrected chi connectivity index (χ0v) is 11.5. The van der Waals surface area contributed by atoms with Crippen molar-refractivity contribution in [3.63, 3.8) is 0 Å². The average Bonchev–Trinajstić information content (AvgIpc) is 2.37. The molecule has 2 rings (SSSR count). The molecule has 6 heteroatoms. The number of aryl methyl sites for hydroxylation is 1. The first-order chi connectivity index (χ1) is 9.54. The molecule has 0 aliphatic carbocycles. The van der Waals surface area contributed by atoms with Crippen LogP contribution in [0.4, 0.5) is 20.2 Å². The third kappa shape index (κ3) is 3.89. The fourth-order valence-electron chi connectivity index (χ4n) is 1.60. The van der Waals surface area contributed by atoms with Gasteiger partial charge in [0.2, 0.25) is 0 Å². The summed E-state index contributed by atoms with van der Waals surface area (Å²) < 4.78 is 26.1. The van der Waals surface area contributed by atoms with Gasteiger partial charge in [-0.1, -0.05) is 12.1 Å². The van der Waals surface area contributed by atoms with Gasteiger partial charge in [-0.2, -0.15) is 0 Å². The van der Waals surface area contributed by atoms with E-state index in [1.807, 2.05) is 31.2 Å². The molecule has 0 radical (unpaired) electrons. The van der Waals surface area contributed by atoms with Crippen LogP contribution >= 0.6 is 12.2 Å². The van der Waals surface area contributed by atoms with Gasteiger partial charge in [-0.25, -0.2) is 8.78 Å². The van der Waals surface area contributed by atoms with Gasteiger partial charge in [0.15, 0.2) is 10.9 Å². The van der Waals surface area contributed by atoms with Gasteiger partial charge in [-0.05, 0) is 49.0 Å². The van der Waals surface area contributed by atoms with Crippen molar-refractivity contribution < 1.29 is 8.78 Å². The summed E-state index contributed by atoms with van der Waals surface area (Å²) in [7, 11) is 0. The molecule has 0 unspecified atom stereocenters. The Hall–Kier alpha value is -2.21. The van der Waals surface area contributed by atoms with Gasteiger partial charge in [0.25, 0.3) is 0 Å². The van der Waals surface area contributed by atoms with Crippen LogP contribution in [0.15, 0.2) is 42.5 Å². The van der Waals surface area contributed by atoms with Crippen LogP contribution in [-0.2, 0) is 0 Å². The Morgan fingerprint density at radius 1 is 1.10 bits per heavy atom. The third-order valence-electron chi connectivity index (χ3n) is 2.52. The fourth-order valence-corrected chi connectivity index (χ4v) is 1.77. The molecular weight excluding hydrogens is 280 g/mol. The summed E-state index contributed by atoms with van der Waals surface area (Å²) in [6, 6.07) is 10.9. The van der Waals surface area contributed by atoms with Crippen LogP contribution in [0.2, 0.25) is 0 Å². The minimum absolute atomic E-state index is 0.111. The van der Waals surface area contributed by atoms with Crippen LogP contribution in [0, 0.1) is 18.6 Å². The van der Waals surface area contributed by atoms with Crippen molar-refractivity contribution in [2.45, 2.75) is 6.92 Å². The number of hydrogen-bond acceptors (Lipinski definition) is 2. The summed E-state index contributed by atoms with van der Waals surface area (Å²) in [5, 5.41) is 3.22. The number of nitrogens with one attached hydrogen (secondary N) is 3. The highest BCUT2D eigenvalue weighted by molar-refractivity contribution is 7.80. The molecule has 3 N–H and O–H groups in total. The Bertz CT molecular complexity index is 632. The number of anilines is 2. The molecular formula is C14H13F2N3S. The van der Waals surface area contributed by atoms with Crippen LogP contribution < -0.4 is 16.2 Å². The smallest absolute Gasteiger partial charge is 0.189 e. The van der Waals surface area contributed by atoms with Crippen molar-refractivity contribution in [3.8, 4) is 0 Å². The minimum atomic E-state index is -0.698. The second-order valence-electron chi connectivity index (χ2n) is 4.20. The lowest BCUT2D eigenvalue weighted by molar-refractivity contribution is 0.585. The normalized spacial score (nSPS) is 9.95. The van der Waals surface area contributed by atoms with Crippen LogP contribution in [0.3, 0.4) is 0 Å². The first kappa shape index (κ1) is 14.2. The summed E-state index contributed by atoms with van der Waals surface area (Å²) >= 11 is 5.07. The molecule has 20 heavy (non-hydrogen) atoms. The molecule has 2 aromatic rings. The predicted octanol–water partition coefficient (Wildman–Crippen LogP) is 3.59. The largest absolute Gasteiger partial charge is 0.331 e. The highest BCUT2D eigenvalue weighted by Crippen LogP contribution is 2.14. The molecule has 104 valence electrons. The van der Waals surface area contributed by atoms with Crippen LogP contribution in [0.25, 0.3) is 0 Å². The highest BCUT2D eigenvalue weighted by Gasteiger charge is 2.03. The van der Waals surface area contributed by atoms with E-state index in [2.05, 4.69) is 16.2 Å². The van der Waals surface area contributed by atoms with Crippen molar-refractivity contribution in [2.24, 2.45) is 0 Å². The maximum Gasteiger partial charge on any atom is 0.189 e. The van der Waals surface area contributed by atoms with Crippen molar-refractivity contribution in [3.05, 3.63) is 59.7 Å². The van der Waals surface area contributed by atoms with E-state index in [4.69, 9.17) is 12.2 Å².